The Bertz CT molecular complexity index is 935. The van der Waals surface area contributed by atoms with E-state index in [0.717, 1.165) is 33.1 Å². The molecule has 3 aromatic rings. The summed E-state index contributed by atoms with van der Waals surface area (Å²) in [6.45, 7) is 5.54. The average molecular weight is 381 g/mol. The summed E-state index contributed by atoms with van der Waals surface area (Å²) in [7, 11) is 2.00. The largest absolute Gasteiger partial charge is 0.347 e. The Kier molecular flexibility index (Phi) is 6.21. The molecule has 1 heterocycles. The number of nitrogens with one attached hydrogen (secondary N) is 2. The molecule has 5 nitrogen and oxygen atoms in total. The second-order valence-corrected chi connectivity index (χ2v) is 7.11. The maximum atomic E-state index is 12.9. The van der Waals surface area contributed by atoms with Gasteiger partial charge in [-0.15, -0.1) is 0 Å². The molecule has 1 amide bonds. The van der Waals surface area contributed by atoms with Gasteiger partial charge in [-0.3, -0.25) is 4.79 Å². The molecule has 0 aliphatic rings. The summed E-state index contributed by atoms with van der Waals surface area (Å²) in [6.07, 6.45) is 0. The quantitative estimate of drug-likeness (QED) is 0.657. The van der Waals surface area contributed by atoms with E-state index in [0.29, 0.717) is 19.6 Å². The highest BCUT2D eigenvalue weighted by molar-refractivity contribution is 5.76. The Morgan fingerprint density at radius 1 is 1.11 bits per heavy atom. The van der Waals surface area contributed by atoms with Gasteiger partial charge in [0, 0.05) is 6.54 Å². The molecular formula is C22H26FN4O+. The third kappa shape index (κ3) is 4.84. The van der Waals surface area contributed by atoms with Gasteiger partial charge in [-0.1, -0.05) is 30.3 Å². The van der Waals surface area contributed by atoms with Crippen molar-refractivity contribution < 1.29 is 14.1 Å². The first-order valence-corrected chi connectivity index (χ1v) is 9.37. The van der Waals surface area contributed by atoms with Gasteiger partial charge >= 0.3 is 0 Å². The molecule has 1 atom stereocenters. The molecule has 146 valence electrons. The van der Waals surface area contributed by atoms with Gasteiger partial charge in [-0.05, 0) is 43.7 Å². The summed E-state index contributed by atoms with van der Waals surface area (Å²) in [4.78, 5) is 13.3. The standard InChI is InChI=1S/C22H25FN4O/c1-16-21(17(2)27(25-16)20-7-5-4-6-8-20)14-26(3)15-22(28)24-13-18-9-11-19(23)12-10-18/h4-12H,13-15H2,1-3H3,(H,24,28)/p+1. The number of carbonyl (C=O) groups excluding carboxylic acids is 1. The van der Waals surface area contributed by atoms with E-state index >= 15 is 0 Å². The zero-order valence-corrected chi connectivity index (χ0v) is 16.5. The Hall–Kier alpha value is -2.99. The zero-order chi connectivity index (χ0) is 20.1. The van der Waals surface area contributed by atoms with Crippen LogP contribution in [0.4, 0.5) is 4.39 Å². The number of benzene rings is 2. The van der Waals surface area contributed by atoms with Crippen molar-refractivity contribution in [2.24, 2.45) is 0 Å². The van der Waals surface area contributed by atoms with Crippen molar-refractivity contribution in [3.63, 3.8) is 0 Å². The molecule has 2 N–H and O–H groups in total. The molecule has 0 radical (unpaired) electrons. The van der Waals surface area contributed by atoms with E-state index in [4.69, 9.17) is 0 Å². The molecule has 0 aliphatic carbocycles. The van der Waals surface area contributed by atoms with Crippen LogP contribution in [0.5, 0.6) is 0 Å². The Morgan fingerprint density at radius 2 is 1.79 bits per heavy atom. The molecule has 0 fully saturated rings. The van der Waals surface area contributed by atoms with E-state index in [9.17, 15) is 9.18 Å². The number of aromatic nitrogens is 2. The van der Waals surface area contributed by atoms with Crippen molar-refractivity contribution in [3.05, 3.63) is 82.9 Å². The highest BCUT2D eigenvalue weighted by atomic mass is 19.1. The number of aryl methyl sites for hydroxylation is 1. The van der Waals surface area contributed by atoms with Gasteiger partial charge in [-0.2, -0.15) is 5.10 Å². The number of hydrogen-bond acceptors (Lipinski definition) is 2. The van der Waals surface area contributed by atoms with E-state index in [2.05, 4.69) is 17.3 Å². The molecule has 6 heteroatoms. The zero-order valence-electron chi connectivity index (χ0n) is 16.5. The van der Waals surface area contributed by atoms with Gasteiger partial charge < -0.3 is 10.2 Å². The maximum absolute atomic E-state index is 12.9. The van der Waals surface area contributed by atoms with Crippen LogP contribution in [0.25, 0.3) is 5.69 Å². The summed E-state index contributed by atoms with van der Waals surface area (Å²) >= 11 is 0. The number of carbonyl (C=O) groups is 1. The first-order chi connectivity index (χ1) is 13.4. The minimum atomic E-state index is -0.277. The lowest BCUT2D eigenvalue weighted by atomic mass is 10.2. The molecule has 0 bridgehead atoms. The van der Waals surface area contributed by atoms with Crippen LogP contribution in [0.2, 0.25) is 0 Å². The normalized spacial score (nSPS) is 12.0. The number of halogens is 1. The fraction of sp³-hybridized carbons (Fsp3) is 0.273. The summed E-state index contributed by atoms with van der Waals surface area (Å²) < 4.78 is 14.9. The Morgan fingerprint density at radius 3 is 2.46 bits per heavy atom. The van der Waals surface area contributed by atoms with Crippen LogP contribution >= 0.6 is 0 Å². The number of likely N-dealkylation sites (N-methyl/N-ethyl adjacent to an activating group) is 1. The summed E-state index contributed by atoms with van der Waals surface area (Å²) in [6, 6.07) is 16.2. The third-order valence-electron chi connectivity index (χ3n) is 4.79. The van der Waals surface area contributed by atoms with Crippen molar-refractivity contribution >= 4 is 5.91 Å². The lowest BCUT2D eigenvalue weighted by Crippen LogP contribution is -3.09. The Balaban J connectivity index is 1.58. The van der Waals surface area contributed by atoms with Gasteiger partial charge in [0.2, 0.25) is 0 Å². The molecule has 2 aromatic carbocycles. The monoisotopic (exact) mass is 381 g/mol. The molecule has 0 aliphatic heterocycles. The van der Waals surface area contributed by atoms with E-state index in [-0.39, 0.29) is 11.7 Å². The fourth-order valence-corrected chi connectivity index (χ4v) is 3.26. The molecule has 3 rings (SSSR count). The van der Waals surface area contributed by atoms with Crippen molar-refractivity contribution in [2.45, 2.75) is 26.9 Å². The maximum Gasteiger partial charge on any atom is 0.275 e. The summed E-state index contributed by atoms with van der Waals surface area (Å²) in [5, 5.41) is 7.56. The number of para-hydroxylation sites is 1. The topological polar surface area (TPSA) is 51.4 Å². The van der Waals surface area contributed by atoms with Gasteiger partial charge in [0.25, 0.3) is 5.91 Å². The number of rotatable bonds is 7. The van der Waals surface area contributed by atoms with Crippen molar-refractivity contribution in [1.29, 1.82) is 0 Å². The third-order valence-corrected chi connectivity index (χ3v) is 4.79. The molecule has 0 spiro atoms. The minimum Gasteiger partial charge on any atom is -0.347 e. The van der Waals surface area contributed by atoms with Gasteiger partial charge in [0.1, 0.15) is 12.4 Å². The highest BCUT2D eigenvalue weighted by Crippen LogP contribution is 2.16. The van der Waals surface area contributed by atoms with Crippen LogP contribution in [-0.2, 0) is 17.9 Å². The second kappa shape index (κ2) is 8.80. The lowest BCUT2D eigenvalue weighted by molar-refractivity contribution is -0.885. The van der Waals surface area contributed by atoms with E-state index in [1.165, 1.54) is 12.1 Å². The fourth-order valence-electron chi connectivity index (χ4n) is 3.26. The van der Waals surface area contributed by atoms with Crippen molar-refractivity contribution in [2.75, 3.05) is 13.6 Å². The van der Waals surface area contributed by atoms with Crippen LogP contribution in [-0.4, -0.2) is 29.3 Å². The highest BCUT2D eigenvalue weighted by Gasteiger charge is 2.18. The molecule has 0 saturated carbocycles. The van der Waals surface area contributed by atoms with Crippen LogP contribution in [0.1, 0.15) is 22.5 Å². The van der Waals surface area contributed by atoms with Gasteiger partial charge in [0.05, 0.1) is 29.7 Å². The van der Waals surface area contributed by atoms with Gasteiger partial charge in [-0.25, -0.2) is 9.07 Å². The van der Waals surface area contributed by atoms with Crippen molar-refractivity contribution in [1.82, 2.24) is 15.1 Å². The number of quaternary nitrogens is 1. The number of nitrogens with zero attached hydrogens (tertiary/aromatic N) is 2. The Labute approximate surface area is 164 Å². The van der Waals surface area contributed by atoms with Gasteiger partial charge in [0.15, 0.2) is 6.54 Å². The molecule has 0 saturated heterocycles. The van der Waals surface area contributed by atoms with E-state index in [1.54, 1.807) is 12.1 Å². The molecule has 1 aromatic heterocycles. The predicted octanol–water partition coefficient (Wildman–Crippen LogP) is 1.96. The molecular weight excluding hydrogens is 355 g/mol. The van der Waals surface area contributed by atoms with Crippen LogP contribution in [0.15, 0.2) is 54.6 Å². The number of amides is 1. The van der Waals surface area contributed by atoms with Crippen LogP contribution in [0.3, 0.4) is 0 Å². The molecule has 1 unspecified atom stereocenters. The van der Waals surface area contributed by atoms with E-state index in [1.807, 2.05) is 49.0 Å². The van der Waals surface area contributed by atoms with Crippen LogP contribution < -0.4 is 10.2 Å². The molecule has 28 heavy (non-hydrogen) atoms. The lowest BCUT2D eigenvalue weighted by Gasteiger charge is -2.14. The van der Waals surface area contributed by atoms with Crippen LogP contribution in [0, 0.1) is 19.7 Å². The number of hydrogen-bond donors (Lipinski definition) is 2. The summed E-state index contributed by atoms with van der Waals surface area (Å²) in [5.41, 5.74) is 5.14. The smallest absolute Gasteiger partial charge is 0.275 e. The SMILES string of the molecule is Cc1nn(-c2ccccc2)c(C)c1C[NH+](C)CC(=O)NCc1ccc(F)cc1. The van der Waals surface area contributed by atoms with Crippen molar-refractivity contribution in [3.8, 4) is 5.69 Å². The average Bonchev–Trinajstić information content (AvgIpc) is 2.96. The van der Waals surface area contributed by atoms with E-state index < -0.39 is 0 Å². The predicted molar refractivity (Wildman–Crippen MR) is 107 cm³/mol. The summed E-state index contributed by atoms with van der Waals surface area (Å²) in [5.74, 6) is -0.311. The minimum absolute atomic E-state index is 0.0346. The first-order valence-electron chi connectivity index (χ1n) is 9.37. The second-order valence-electron chi connectivity index (χ2n) is 7.11. The first kappa shape index (κ1) is 19.8.